The Morgan fingerprint density at radius 3 is 2.77 bits per heavy atom. The SMILES string of the molecule is CC(=O)Nc1nc(CCc2ccc(CC(=O)NC3CCNCC3)s2)cs1. The van der Waals surface area contributed by atoms with E-state index in [0.29, 0.717) is 17.6 Å². The van der Waals surface area contributed by atoms with E-state index in [0.717, 1.165) is 49.3 Å². The first kappa shape index (κ1) is 19.0. The zero-order valence-electron chi connectivity index (χ0n) is 14.8. The lowest BCUT2D eigenvalue weighted by molar-refractivity contribution is -0.121. The fourth-order valence-electron chi connectivity index (χ4n) is 2.94. The van der Waals surface area contributed by atoms with Gasteiger partial charge in [0.15, 0.2) is 5.13 Å². The van der Waals surface area contributed by atoms with Crippen molar-refractivity contribution in [3.05, 3.63) is 33.0 Å². The van der Waals surface area contributed by atoms with Crippen molar-refractivity contribution in [1.82, 2.24) is 15.6 Å². The zero-order chi connectivity index (χ0) is 18.4. The topological polar surface area (TPSA) is 83.1 Å². The highest BCUT2D eigenvalue weighted by atomic mass is 32.1. The van der Waals surface area contributed by atoms with Gasteiger partial charge in [-0.25, -0.2) is 4.98 Å². The predicted octanol–water partition coefficient (Wildman–Crippen LogP) is 2.36. The van der Waals surface area contributed by atoms with Crippen molar-refractivity contribution in [1.29, 1.82) is 0 Å². The van der Waals surface area contributed by atoms with E-state index in [9.17, 15) is 9.59 Å². The summed E-state index contributed by atoms with van der Waals surface area (Å²) in [6, 6.07) is 4.45. The Kier molecular flexibility index (Phi) is 6.76. The molecule has 0 radical (unpaired) electrons. The van der Waals surface area contributed by atoms with Gasteiger partial charge >= 0.3 is 0 Å². The molecule has 1 aliphatic heterocycles. The molecule has 0 saturated carbocycles. The van der Waals surface area contributed by atoms with Crippen LogP contribution in [0.25, 0.3) is 0 Å². The van der Waals surface area contributed by atoms with E-state index in [1.54, 1.807) is 11.3 Å². The molecule has 1 aliphatic rings. The maximum atomic E-state index is 12.2. The van der Waals surface area contributed by atoms with Crippen LogP contribution in [0.2, 0.25) is 0 Å². The number of hydrogen-bond donors (Lipinski definition) is 3. The van der Waals surface area contributed by atoms with Crippen LogP contribution in [0.1, 0.15) is 35.2 Å². The molecule has 0 atom stereocenters. The van der Waals surface area contributed by atoms with Gasteiger partial charge in [0, 0.05) is 28.1 Å². The first-order valence-corrected chi connectivity index (χ1v) is 10.6. The van der Waals surface area contributed by atoms with E-state index >= 15 is 0 Å². The highest BCUT2D eigenvalue weighted by molar-refractivity contribution is 7.14. The van der Waals surface area contributed by atoms with Gasteiger partial charge in [-0.3, -0.25) is 9.59 Å². The Hall–Kier alpha value is -1.77. The van der Waals surface area contributed by atoms with E-state index in [4.69, 9.17) is 0 Å². The molecule has 3 heterocycles. The van der Waals surface area contributed by atoms with Crippen LogP contribution in [0, 0.1) is 0 Å². The standard InChI is InChI=1S/C18H24N4O2S2/c1-12(23)20-18-22-14(11-25-18)2-3-15-4-5-16(26-15)10-17(24)21-13-6-8-19-9-7-13/h4-5,11,13,19H,2-3,6-10H2,1H3,(H,21,24)(H,20,22,23). The number of thiazole rings is 1. The van der Waals surface area contributed by atoms with Gasteiger partial charge in [-0.05, 0) is 50.9 Å². The van der Waals surface area contributed by atoms with Gasteiger partial charge in [-0.1, -0.05) is 0 Å². The molecular formula is C18H24N4O2S2. The number of thiophene rings is 1. The predicted molar refractivity (Wildman–Crippen MR) is 106 cm³/mol. The monoisotopic (exact) mass is 392 g/mol. The summed E-state index contributed by atoms with van der Waals surface area (Å²) >= 11 is 3.14. The molecule has 2 aromatic heterocycles. The summed E-state index contributed by atoms with van der Waals surface area (Å²) in [6.07, 6.45) is 4.20. The van der Waals surface area contributed by atoms with Crippen molar-refractivity contribution < 1.29 is 9.59 Å². The third-order valence-electron chi connectivity index (χ3n) is 4.22. The summed E-state index contributed by atoms with van der Waals surface area (Å²) < 4.78 is 0. The maximum absolute atomic E-state index is 12.2. The van der Waals surface area contributed by atoms with Crippen LogP contribution in [0.3, 0.4) is 0 Å². The average Bonchev–Trinajstić information content (AvgIpc) is 3.22. The summed E-state index contributed by atoms with van der Waals surface area (Å²) in [5, 5.41) is 11.8. The van der Waals surface area contributed by atoms with Crippen LogP contribution in [-0.4, -0.2) is 35.9 Å². The molecule has 3 rings (SSSR count). The first-order valence-electron chi connectivity index (χ1n) is 8.88. The fraction of sp³-hybridized carbons (Fsp3) is 0.500. The number of carbonyl (C=O) groups is 2. The number of rotatable bonds is 7. The lowest BCUT2D eigenvalue weighted by Gasteiger charge is -2.23. The van der Waals surface area contributed by atoms with Gasteiger partial charge in [-0.2, -0.15) is 0 Å². The molecule has 26 heavy (non-hydrogen) atoms. The number of carbonyl (C=O) groups excluding carboxylic acids is 2. The number of amides is 2. The van der Waals surface area contributed by atoms with Gasteiger partial charge in [0.05, 0.1) is 12.1 Å². The van der Waals surface area contributed by atoms with E-state index in [1.165, 1.54) is 23.1 Å². The Morgan fingerprint density at radius 2 is 2.00 bits per heavy atom. The second-order valence-corrected chi connectivity index (χ2v) is 8.57. The van der Waals surface area contributed by atoms with Crippen molar-refractivity contribution in [3.8, 4) is 0 Å². The number of aromatic nitrogens is 1. The average molecular weight is 393 g/mol. The van der Waals surface area contributed by atoms with Crippen LogP contribution in [0.5, 0.6) is 0 Å². The summed E-state index contributed by atoms with van der Waals surface area (Å²) in [7, 11) is 0. The van der Waals surface area contributed by atoms with Crippen LogP contribution < -0.4 is 16.0 Å². The van der Waals surface area contributed by atoms with Crippen molar-refractivity contribution in [2.45, 2.75) is 45.1 Å². The first-order chi connectivity index (χ1) is 12.6. The Morgan fingerprint density at radius 1 is 1.23 bits per heavy atom. The molecule has 0 spiro atoms. The minimum atomic E-state index is -0.100. The number of nitrogens with zero attached hydrogens (tertiary/aromatic N) is 1. The van der Waals surface area contributed by atoms with E-state index in [1.807, 2.05) is 11.4 Å². The molecular weight excluding hydrogens is 368 g/mol. The molecule has 1 saturated heterocycles. The third kappa shape index (κ3) is 5.89. The van der Waals surface area contributed by atoms with Crippen LogP contribution in [-0.2, 0) is 28.9 Å². The summed E-state index contributed by atoms with van der Waals surface area (Å²) in [4.78, 5) is 30.0. The van der Waals surface area contributed by atoms with Crippen LogP contribution in [0.15, 0.2) is 17.5 Å². The Balaban J connectivity index is 1.44. The number of anilines is 1. The molecule has 2 amide bonds. The van der Waals surface area contributed by atoms with Crippen LogP contribution in [0.4, 0.5) is 5.13 Å². The number of hydrogen-bond acceptors (Lipinski definition) is 6. The lowest BCUT2D eigenvalue weighted by Crippen LogP contribution is -2.43. The van der Waals surface area contributed by atoms with E-state index in [-0.39, 0.29) is 11.8 Å². The fourth-order valence-corrected chi connectivity index (χ4v) is 4.74. The molecule has 6 nitrogen and oxygen atoms in total. The molecule has 3 N–H and O–H groups in total. The molecule has 0 unspecified atom stereocenters. The number of nitrogens with one attached hydrogen (secondary N) is 3. The van der Waals surface area contributed by atoms with Crippen molar-refractivity contribution in [3.63, 3.8) is 0 Å². The van der Waals surface area contributed by atoms with Gasteiger partial charge in [0.25, 0.3) is 0 Å². The van der Waals surface area contributed by atoms with Gasteiger partial charge in [0.2, 0.25) is 11.8 Å². The largest absolute Gasteiger partial charge is 0.353 e. The normalized spacial score (nSPS) is 15.0. The summed E-state index contributed by atoms with van der Waals surface area (Å²) in [5.74, 6) is 0.0151. The number of aryl methyl sites for hydroxylation is 2. The minimum absolute atomic E-state index is 0.100. The number of piperidine rings is 1. The molecule has 0 aromatic carbocycles. The molecule has 2 aromatic rings. The van der Waals surface area contributed by atoms with Gasteiger partial charge in [-0.15, -0.1) is 22.7 Å². The smallest absolute Gasteiger partial charge is 0.225 e. The third-order valence-corrected chi connectivity index (χ3v) is 6.17. The van der Waals surface area contributed by atoms with Crippen LogP contribution >= 0.6 is 22.7 Å². The van der Waals surface area contributed by atoms with Crippen molar-refractivity contribution in [2.75, 3.05) is 18.4 Å². The molecule has 1 fully saturated rings. The molecule has 8 heteroatoms. The Bertz CT molecular complexity index is 750. The maximum Gasteiger partial charge on any atom is 0.225 e. The summed E-state index contributed by atoms with van der Waals surface area (Å²) in [5.41, 5.74) is 0.984. The van der Waals surface area contributed by atoms with Gasteiger partial charge in [0.1, 0.15) is 0 Å². The molecule has 140 valence electrons. The zero-order valence-corrected chi connectivity index (χ0v) is 16.5. The highest BCUT2D eigenvalue weighted by Gasteiger charge is 2.16. The van der Waals surface area contributed by atoms with Gasteiger partial charge < -0.3 is 16.0 Å². The molecule has 0 bridgehead atoms. The van der Waals surface area contributed by atoms with Crippen molar-refractivity contribution in [2.24, 2.45) is 0 Å². The Labute approximate surface area is 161 Å². The minimum Gasteiger partial charge on any atom is -0.353 e. The highest BCUT2D eigenvalue weighted by Crippen LogP contribution is 2.21. The summed E-state index contributed by atoms with van der Waals surface area (Å²) in [6.45, 7) is 3.44. The second-order valence-electron chi connectivity index (χ2n) is 6.46. The van der Waals surface area contributed by atoms with E-state index < -0.39 is 0 Å². The molecule has 0 aliphatic carbocycles. The van der Waals surface area contributed by atoms with E-state index in [2.05, 4.69) is 27.0 Å². The second kappa shape index (κ2) is 9.25. The van der Waals surface area contributed by atoms with Crippen molar-refractivity contribution >= 4 is 39.6 Å². The lowest BCUT2D eigenvalue weighted by atomic mass is 10.1. The quantitative estimate of drug-likeness (QED) is 0.675.